The van der Waals surface area contributed by atoms with Crippen molar-refractivity contribution < 1.29 is 19.7 Å². The van der Waals surface area contributed by atoms with Crippen LogP contribution in [0.3, 0.4) is 0 Å². The Morgan fingerprint density at radius 2 is 1.59 bits per heavy atom. The van der Waals surface area contributed by atoms with Gasteiger partial charge in [-0.15, -0.1) is 0 Å². The Bertz CT molecular complexity index is 1380. The van der Waals surface area contributed by atoms with Gasteiger partial charge in [-0.25, -0.2) is 0 Å². The number of pyridine rings is 2. The minimum atomic E-state index is -0.211. The standard InChI is InChI=1S/C24H24N2O5.CH4/c1-5-18-13(6-14-8-20(27)21(28)11-19(14)26-18)7-17-16-10-23(31-4)22(30-3)9-15(16)12(2)25-24(17)29;/h6,8-11,27-28H,5,7H2,1-4H3,(H,25,29);1H4. The van der Waals surface area contributed by atoms with Crippen molar-refractivity contribution in [3.05, 3.63) is 63.2 Å². The molecule has 7 heteroatoms. The number of methoxy groups -OCH3 is 2. The number of H-pyrrole nitrogens is 1. The summed E-state index contributed by atoms with van der Waals surface area (Å²) in [5.74, 6) is 0.721. The van der Waals surface area contributed by atoms with E-state index < -0.39 is 0 Å². The predicted molar refractivity (Wildman–Crippen MR) is 126 cm³/mol. The van der Waals surface area contributed by atoms with E-state index in [0.29, 0.717) is 40.8 Å². The first-order valence-corrected chi connectivity index (χ1v) is 9.98. The molecule has 3 N–H and O–H groups in total. The van der Waals surface area contributed by atoms with Crippen LogP contribution in [0.4, 0.5) is 0 Å². The summed E-state index contributed by atoms with van der Waals surface area (Å²) in [4.78, 5) is 20.5. The molecule has 0 amide bonds. The van der Waals surface area contributed by atoms with E-state index in [1.54, 1.807) is 14.2 Å². The fraction of sp³-hybridized carbons (Fsp3) is 0.280. The summed E-state index contributed by atoms with van der Waals surface area (Å²) in [5, 5.41) is 22.0. The quantitative estimate of drug-likeness (QED) is 0.395. The van der Waals surface area contributed by atoms with Crippen LogP contribution in [-0.2, 0) is 12.8 Å². The largest absolute Gasteiger partial charge is 0.504 e. The molecule has 168 valence electrons. The van der Waals surface area contributed by atoms with Gasteiger partial charge in [-0.3, -0.25) is 9.78 Å². The fourth-order valence-electron chi connectivity index (χ4n) is 3.98. The summed E-state index contributed by atoms with van der Waals surface area (Å²) in [7, 11) is 3.14. The maximum absolute atomic E-state index is 13.0. The summed E-state index contributed by atoms with van der Waals surface area (Å²) in [5.41, 5.74) is 3.47. The van der Waals surface area contributed by atoms with Crippen molar-refractivity contribution in [3.63, 3.8) is 0 Å². The van der Waals surface area contributed by atoms with Gasteiger partial charge in [-0.05, 0) is 48.6 Å². The zero-order valence-electron chi connectivity index (χ0n) is 17.9. The number of hydrogen-bond donors (Lipinski definition) is 3. The van der Waals surface area contributed by atoms with E-state index in [1.165, 1.54) is 12.1 Å². The molecule has 0 bridgehead atoms. The molecule has 0 atom stereocenters. The molecule has 0 spiro atoms. The first-order chi connectivity index (χ1) is 14.9. The number of phenolic OH excluding ortho intramolecular Hbond substituents is 2. The molecule has 7 nitrogen and oxygen atoms in total. The van der Waals surface area contributed by atoms with E-state index in [0.717, 1.165) is 27.7 Å². The number of aromatic nitrogens is 2. The zero-order chi connectivity index (χ0) is 22.3. The topological polar surface area (TPSA) is 105 Å². The molecule has 0 aliphatic rings. The third kappa shape index (κ3) is 3.82. The number of ether oxygens (including phenoxy) is 2. The number of benzene rings is 2. The van der Waals surface area contributed by atoms with Crippen molar-refractivity contribution in [3.8, 4) is 23.0 Å². The van der Waals surface area contributed by atoms with Gasteiger partial charge in [-0.1, -0.05) is 14.4 Å². The fourth-order valence-corrected chi connectivity index (χ4v) is 3.98. The van der Waals surface area contributed by atoms with Gasteiger partial charge in [0.2, 0.25) is 0 Å². The molecule has 0 fully saturated rings. The number of aromatic amines is 1. The van der Waals surface area contributed by atoms with E-state index >= 15 is 0 Å². The molecular weight excluding hydrogens is 408 g/mol. The summed E-state index contributed by atoms with van der Waals surface area (Å²) >= 11 is 0. The summed E-state index contributed by atoms with van der Waals surface area (Å²) in [6.07, 6.45) is 1.01. The summed E-state index contributed by atoms with van der Waals surface area (Å²) in [6, 6.07) is 8.52. The minimum absolute atomic E-state index is 0. The Morgan fingerprint density at radius 3 is 2.22 bits per heavy atom. The monoisotopic (exact) mass is 436 g/mol. The highest BCUT2D eigenvalue weighted by Gasteiger charge is 2.17. The number of aromatic hydroxyl groups is 2. The lowest BCUT2D eigenvalue weighted by Gasteiger charge is -2.15. The van der Waals surface area contributed by atoms with Gasteiger partial charge in [0.15, 0.2) is 23.0 Å². The van der Waals surface area contributed by atoms with Crippen LogP contribution in [0.1, 0.15) is 36.9 Å². The highest BCUT2D eigenvalue weighted by molar-refractivity contribution is 5.91. The van der Waals surface area contributed by atoms with E-state index in [4.69, 9.17) is 9.47 Å². The smallest absolute Gasteiger partial charge is 0.252 e. The molecule has 0 saturated carbocycles. The van der Waals surface area contributed by atoms with E-state index in [1.807, 2.05) is 32.0 Å². The van der Waals surface area contributed by atoms with Crippen molar-refractivity contribution in [2.24, 2.45) is 0 Å². The van der Waals surface area contributed by atoms with Gasteiger partial charge >= 0.3 is 0 Å². The van der Waals surface area contributed by atoms with E-state index in [9.17, 15) is 15.0 Å². The molecule has 0 radical (unpaired) electrons. The lowest BCUT2D eigenvalue weighted by Crippen LogP contribution is -2.16. The number of fused-ring (bicyclic) bond motifs is 2. The number of phenols is 2. The van der Waals surface area contributed by atoms with Crippen LogP contribution in [0.15, 0.2) is 35.1 Å². The van der Waals surface area contributed by atoms with Crippen LogP contribution >= 0.6 is 0 Å². The average Bonchev–Trinajstić information content (AvgIpc) is 2.76. The molecule has 0 aliphatic heterocycles. The van der Waals surface area contributed by atoms with Gasteiger partial charge in [0.25, 0.3) is 5.56 Å². The Balaban J connectivity index is 0.00000289. The second kappa shape index (κ2) is 8.78. The predicted octanol–water partition coefficient (Wildman–Crippen LogP) is 4.60. The second-order valence-electron chi connectivity index (χ2n) is 7.47. The third-order valence-electron chi connectivity index (χ3n) is 5.61. The molecule has 32 heavy (non-hydrogen) atoms. The van der Waals surface area contributed by atoms with Crippen LogP contribution < -0.4 is 15.0 Å². The second-order valence-corrected chi connectivity index (χ2v) is 7.47. The van der Waals surface area contributed by atoms with Crippen molar-refractivity contribution in [2.45, 2.75) is 34.1 Å². The third-order valence-corrected chi connectivity index (χ3v) is 5.61. The van der Waals surface area contributed by atoms with Gasteiger partial charge in [0, 0.05) is 40.2 Å². The Hall–Kier alpha value is -3.74. The highest BCUT2D eigenvalue weighted by atomic mass is 16.5. The Morgan fingerprint density at radius 1 is 0.969 bits per heavy atom. The van der Waals surface area contributed by atoms with Crippen LogP contribution in [0.2, 0.25) is 0 Å². The van der Waals surface area contributed by atoms with E-state index in [-0.39, 0.29) is 24.5 Å². The molecule has 4 rings (SSSR count). The number of aryl methyl sites for hydroxylation is 2. The van der Waals surface area contributed by atoms with Crippen LogP contribution in [0, 0.1) is 6.92 Å². The summed E-state index contributed by atoms with van der Waals surface area (Å²) < 4.78 is 10.9. The molecular formula is C25H28N2O5. The Labute approximate surface area is 186 Å². The lowest BCUT2D eigenvalue weighted by molar-refractivity contribution is 0.356. The zero-order valence-corrected chi connectivity index (χ0v) is 17.9. The number of hydrogen-bond acceptors (Lipinski definition) is 6. The molecule has 2 heterocycles. The summed E-state index contributed by atoms with van der Waals surface area (Å²) in [6.45, 7) is 3.84. The molecule has 0 unspecified atom stereocenters. The first kappa shape index (κ1) is 22.9. The normalized spacial score (nSPS) is 10.9. The van der Waals surface area contributed by atoms with Crippen LogP contribution in [0.5, 0.6) is 23.0 Å². The lowest BCUT2D eigenvalue weighted by atomic mass is 9.96. The SMILES string of the molecule is C.CCc1nc2cc(O)c(O)cc2cc1Cc1c(=O)[nH]c(C)c2cc(OC)c(OC)cc12. The molecule has 2 aromatic heterocycles. The minimum Gasteiger partial charge on any atom is -0.504 e. The van der Waals surface area contributed by atoms with Crippen LogP contribution in [-0.4, -0.2) is 34.4 Å². The first-order valence-electron chi connectivity index (χ1n) is 9.98. The van der Waals surface area contributed by atoms with Crippen molar-refractivity contribution in [1.29, 1.82) is 0 Å². The van der Waals surface area contributed by atoms with Crippen molar-refractivity contribution in [1.82, 2.24) is 9.97 Å². The molecule has 2 aromatic carbocycles. The maximum atomic E-state index is 13.0. The maximum Gasteiger partial charge on any atom is 0.252 e. The van der Waals surface area contributed by atoms with E-state index in [2.05, 4.69) is 9.97 Å². The average molecular weight is 437 g/mol. The number of nitrogens with one attached hydrogen (secondary N) is 1. The number of rotatable bonds is 5. The van der Waals surface area contributed by atoms with Gasteiger partial charge in [0.05, 0.1) is 19.7 Å². The van der Waals surface area contributed by atoms with Gasteiger partial charge in [0.1, 0.15) is 0 Å². The van der Waals surface area contributed by atoms with Gasteiger partial charge < -0.3 is 24.7 Å². The molecule has 0 saturated heterocycles. The van der Waals surface area contributed by atoms with Crippen molar-refractivity contribution >= 4 is 21.7 Å². The molecule has 0 aliphatic carbocycles. The highest BCUT2D eigenvalue weighted by Crippen LogP contribution is 2.35. The molecule has 4 aromatic rings. The number of nitrogens with zero attached hydrogens (tertiary/aromatic N) is 1. The Kier molecular flexibility index (Phi) is 6.30. The van der Waals surface area contributed by atoms with Crippen LogP contribution in [0.25, 0.3) is 21.7 Å². The van der Waals surface area contributed by atoms with Gasteiger partial charge in [-0.2, -0.15) is 0 Å². The van der Waals surface area contributed by atoms with Crippen molar-refractivity contribution in [2.75, 3.05) is 14.2 Å².